The Balaban J connectivity index is -0.00000000333. The summed E-state index contributed by atoms with van der Waals surface area (Å²) in [5.74, 6) is 0. The summed E-state index contributed by atoms with van der Waals surface area (Å²) in [7, 11) is 0. The molecule has 0 fully saturated rings. The first-order valence-corrected chi connectivity index (χ1v) is 0.365. The molecule has 0 aliphatic heterocycles. The quantitative estimate of drug-likeness (QED) is 0.300. The van der Waals surface area contributed by atoms with Gasteiger partial charge in [-0.1, -0.05) is 0 Å². The van der Waals surface area contributed by atoms with Crippen molar-refractivity contribution in [2.45, 2.75) is 0 Å². The monoisotopic (exact) mass is 218 g/mol. The summed E-state index contributed by atoms with van der Waals surface area (Å²) in [6.45, 7) is 0. The van der Waals surface area contributed by atoms with E-state index < -0.39 is 0 Å². The molecule has 30 valence electrons. The SMILES string of the molecule is O=N[O-].[Na].[Na].[Na].[Rh]. The summed E-state index contributed by atoms with van der Waals surface area (Å²) < 4.78 is 0. The summed E-state index contributed by atoms with van der Waals surface area (Å²) in [5.41, 5.74) is 0. The van der Waals surface area contributed by atoms with Crippen LogP contribution in [0.2, 0.25) is 0 Å². The zero-order chi connectivity index (χ0) is 2.71. The van der Waals surface area contributed by atoms with Crippen LogP contribution in [0.5, 0.6) is 0 Å². The fraction of sp³-hybridized carbons (Fsp3) is 0. The van der Waals surface area contributed by atoms with Gasteiger partial charge in [-0.2, -0.15) is 0 Å². The summed E-state index contributed by atoms with van der Waals surface area (Å²) in [4.78, 5) is 8.00. The minimum Gasteiger partial charge on any atom is -0.444 e. The third-order valence-corrected chi connectivity index (χ3v) is 0. The molecule has 0 aliphatic carbocycles. The largest absolute Gasteiger partial charge is 0.444 e. The van der Waals surface area contributed by atoms with Crippen LogP contribution in [0.4, 0.5) is 0 Å². The van der Waals surface area contributed by atoms with Crippen molar-refractivity contribution < 1.29 is 19.5 Å². The molecule has 0 aromatic heterocycles. The van der Waals surface area contributed by atoms with Gasteiger partial charge in [-0.3, -0.25) is 0 Å². The van der Waals surface area contributed by atoms with Crippen molar-refractivity contribution in [1.29, 1.82) is 0 Å². The molecular formula is NNa3O2Rh-. The third-order valence-electron chi connectivity index (χ3n) is 0. The van der Waals surface area contributed by atoms with Crippen LogP contribution in [0.1, 0.15) is 0 Å². The van der Waals surface area contributed by atoms with E-state index in [1.807, 2.05) is 0 Å². The van der Waals surface area contributed by atoms with Gasteiger partial charge >= 0.3 is 0 Å². The maximum Gasteiger partial charge on any atom is 0 e. The van der Waals surface area contributed by atoms with E-state index in [0.29, 0.717) is 0 Å². The molecule has 0 bridgehead atoms. The van der Waals surface area contributed by atoms with Crippen molar-refractivity contribution in [2.24, 2.45) is 5.34 Å². The molecule has 4 radical (unpaired) electrons. The smallest absolute Gasteiger partial charge is 0 e. The summed E-state index contributed by atoms with van der Waals surface area (Å²) >= 11 is 0. The summed E-state index contributed by atoms with van der Waals surface area (Å²) in [6.07, 6.45) is 0. The van der Waals surface area contributed by atoms with E-state index >= 15 is 0 Å². The van der Waals surface area contributed by atoms with Crippen molar-refractivity contribution in [3.05, 3.63) is 10.1 Å². The number of hydrogen-bond donors (Lipinski definition) is 0. The predicted octanol–water partition coefficient (Wildman–Crippen LogP) is -0.894. The maximum absolute atomic E-state index is 8.00. The number of nitrogens with zero attached hydrogens (tertiary/aromatic N) is 1. The zero-order valence-corrected chi connectivity index (χ0v) is 12.2. The first kappa shape index (κ1) is 32.3. The minimum atomic E-state index is 0. The van der Waals surface area contributed by atoms with Crippen LogP contribution in [-0.4, -0.2) is 88.7 Å². The topological polar surface area (TPSA) is 52.5 Å². The molecule has 0 saturated heterocycles. The van der Waals surface area contributed by atoms with Gasteiger partial charge in [0.1, 0.15) is 0 Å². The maximum atomic E-state index is 8.00. The van der Waals surface area contributed by atoms with E-state index in [2.05, 4.69) is 0 Å². The van der Waals surface area contributed by atoms with E-state index in [-0.39, 0.29) is 108 Å². The Hall–Kier alpha value is 3.02. The van der Waals surface area contributed by atoms with Crippen LogP contribution >= 0.6 is 0 Å². The number of hydrogen-bond acceptors (Lipinski definition) is 3. The molecule has 7 heteroatoms. The van der Waals surface area contributed by atoms with Gasteiger partial charge in [0, 0.05) is 108 Å². The van der Waals surface area contributed by atoms with Gasteiger partial charge < -0.3 is 10.1 Å². The van der Waals surface area contributed by atoms with Crippen molar-refractivity contribution in [3.8, 4) is 0 Å². The van der Waals surface area contributed by atoms with Crippen molar-refractivity contribution in [2.75, 3.05) is 0 Å². The second kappa shape index (κ2) is 35.9. The van der Waals surface area contributed by atoms with Crippen LogP contribution in [-0.2, 0) is 19.5 Å². The zero-order valence-electron chi connectivity index (χ0n) is 4.60. The van der Waals surface area contributed by atoms with Gasteiger partial charge in [0.05, 0.1) is 0 Å². The molecule has 0 aromatic carbocycles. The van der Waals surface area contributed by atoms with E-state index in [1.54, 1.807) is 0 Å². The minimum absolute atomic E-state index is 0. The Labute approximate surface area is 121 Å². The molecule has 0 amide bonds. The van der Waals surface area contributed by atoms with Crippen LogP contribution < -0.4 is 0 Å². The Morgan fingerprint density at radius 2 is 1.14 bits per heavy atom. The Bertz CT molecular complexity index is 20.4. The summed E-state index contributed by atoms with van der Waals surface area (Å²) in [6, 6.07) is 0. The molecule has 0 aliphatic rings. The van der Waals surface area contributed by atoms with E-state index in [1.165, 1.54) is 0 Å². The second-order valence-corrected chi connectivity index (χ2v) is 0.0745. The molecule has 7 heavy (non-hydrogen) atoms. The van der Waals surface area contributed by atoms with Gasteiger partial charge in [0.15, 0.2) is 0 Å². The van der Waals surface area contributed by atoms with Crippen molar-refractivity contribution >= 4 is 88.7 Å². The van der Waals surface area contributed by atoms with Crippen LogP contribution in [0.25, 0.3) is 0 Å². The average molecular weight is 218 g/mol. The molecule has 0 saturated carbocycles. The fourth-order valence-electron chi connectivity index (χ4n) is 0. The van der Waals surface area contributed by atoms with Crippen LogP contribution in [0, 0.1) is 10.1 Å². The molecule has 0 unspecified atom stereocenters. The normalized spacial score (nSPS) is 1.71. The Morgan fingerprint density at radius 1 is 1.14 bits per heavy atom. The van der Waals surface area contributed by atoms with Crippen molar-refractivity contribution in [1.82, 2.24) is 0 Å². The van der Waals surface area contributed by atoms with Gasteiger partial charge in [0.25, 0.3) is 0 Å². The molecule has 0 spiro atoms. The molecule has 3 nitrogen and oxygen atoms in total. The Kier molecular flexibility index (Phi) is 166. The molecule has 0 rings (SSSR count). The molecule has 0 heterocycles. The molecular weight excluding hydrogens is 218 g/mol. The van der Waals surface area contributed by atoms with Gasteiger partial charge in [-0.25, -0.2) is 0 Å². The van der Waals surface area contributed by atoms with Gasteiger partial charge in [0.2, 0.25) is 0 Å². The van der Waals surface area contributed by atoms with E-state index in [9.17, 15) is 0 Å². The second-order valence-electron chi connectivity index (χ2n) is 0.0745. The first-order chi connectivity index (χ1) is 1.41. The van der Waals surface area contributed by atoms with Crippen LogP contribution in [0.3, 0.4) is 0 Å². The first-order valence-electron chi connectivity index (χ1n) is 0.365. The Morgan fingerprint density at radius 3 is 1.14 bits per heavy atom. The van der Waals surface area contributed by atoms with Crippen LogP contribution in [0.15, 0.2) is 5.34 Å². The number of rotatable bonds is 0. The summed E-state index contributed by atoms with van der Waals surface area (Å²) in [5, 5.41) is 9.00. The van der Waals surface area contributed by atoms with E-state index in [0.717, 1.165) is 5.34 Å². The molecule has 0 N–H and O–H groups in total. The fourth-order valence-corrected chi connectivity index (χ4v) is 0. The standard InChI is InChI=1S/HNO2.3Na.Rh/c2-1-3;;;;/h(H,2,3);;;;/p-1. The average Bonchev–Trinajstić information content (AvgIpc) is 0.918. The predicted molar refractivity (Wildman–Crippen MR) is 26.4 cm³/mol. The van der Waals surface area contributed by atoms with Crippen molar-refractivity contribution in [3.63, 3.8) is 0 Å². The molecule has 0 aromatic rings. The third kappa shape index (κ3) is 48.7. The van der Waals surface area contributed by atoms with Gasteiger partial charge in [-0.15, -0.1) is 5.34 Å². The van der Waals surface area contributed by atoms with Gasteiger partial charge in [-0.05, 0) is 0 Å². The molecule has 0 atom stereocenters. The van der Waals surface area contributed by atoms with E-state index in [4.69, 9.17) is 10.1 Å².